The number of imide groups is 2. The van der Waals surface area contributed by atoms with E-state index in [2.05, 4.69) is 10.6 Å². The Balaban J connectivity index is 1.49. The molecule has 172 valence electrons. The van der Waals surface area contributed by atoms with E-state index >= 15 is 0 Å². The SMILES string of the molecule is NCCOCCOCCOc1cccc(NC2=CC(=O)N(C3CCC(=O)NC3=O)C2=O)c1. The lowest BCUT2D eigenvalue weighted by Gasteiger charge is -2.28. The third kappa shape index (κ3) is 6.13. The van der Waals surface area contributed by atoms with Crippen molar-refractivity contribution >= 4 is 29.3 Å². The van der Waals surface area contributed by atoms with E-state index in [1.54, 1.807) is 24.3 Å². The van der Waals surface area contributed by atoms with Crippen molar-refractivity contribution in [2.24, 2.45) is 5.73 Å². The number of ether oxygens (including phenoxy) is 3. The molecule has 3 rings (SSSR count). The maximum absolute atomic E-state index is 12.7. The molecule has 2 aliphatic heterocycles. The van der Waals surface area contributed by atoms with Gasteiger partial charge in [-0.2, -0.15) is 0 Å². The highest BCUT2D eigenvalue weighted by Gasteiger charge is 2.42. The molecule has 1 unspecified atom stereocenters. The highest BCUT2D eigenvalue weighted by atomic mass is 16.5. The fraction of sp³-hybridized carbons (Fsp3) is 0.429. The van der Waals surface area contributed by atoms with Crippen LogP contribution in [0, 0.1) is 0 Å². The maximum atomic E-state index is 12.7. The summed E-state index contributed by atoms with van der Waals surface area (Å²) in [7, 11) is 0. The van der Waals surface area contributed by atoms with Gasteiger partial charge in [0.15, 0.2) is 0 Å². The van der Waals surface area contributed by atoms with Crippen LogP contribution in [0.3, 0.4) is 0 Å². The van der Waals surface area contributed by atoms with Gasteiger partial charge in [0.05, 0.1) is 26.4 Å². The molecule has 0 radical (unpaired) electrons. The summed E-state index contributed by atoms with van der Waals surface area (Å²) < 4.78 is 16.2. The van der Waals surface area contributed by atoms with Gasteiger partial charge in [-0.15, -0.1) is 0 Å². The molecule has 2 aliphatic rings. The van der Waals surface area contributed by atoms with Crippen LogP contribution in [0.2, 0.25) is 0 Å². The minimum absolute atomic E-state index is 0.0395. The summed E-state index contributed by atoms with van der Waals surface area (Å²) in [6.45, 7) is 2.58. The number of nitrogens with two attached hydrogens (primary N) is 1. The number of nitrogens with zero attached hydrogens (tertiary/aromatic N) is 1. The Bertz CT molecular complexity index is 902. The fourth-order valence-corrected chi connectivity index (χ4v) is 3.24. The zero-order valence-corrected chi connectivity index (χ0v) is 17.5. The average Bonchev–Trinajstić information content (AvgIpc) is 3.03. The van der Waals surface area contributed by atoms with Gasteiger partial charge in [0.25, 0.3) is 11.8 Å². The monoisotopic (exact) mass is 446 g/mol. The predicted molar refractivity (Wildman–Crippen MR) is 112 cm³/mol. The highest BCUT2D eigenvalue weighted by Crippen LogP contribution is 2.24. The van der Waals surface area contributed by atoms with E-state index < -0.39 is 29.7 Å². The van der Waals surface area contributed by atoms with Gasteiger partial charge < -0.3 is 25.3 Å². The first-order chi connectivity index (χ1) is 15.5. The molecule has 0 aliphatic carbocycles. The van der Waals surface area contributed by atoms with Crippen molar-refractivity contribution in [2.75, 3.05) is 44.9 Å². The minimum atomic E-state index is -1.00. The van der Waals surface area contributed by atoms with Gasteiger partial charge in [0.1, 0.15) is 24.1 Å². The Labute approximate surface area is 184 Å². The van der Waals surface area contributed by atoms with Crippen molar-refractivity contribution in [2.45, 2.75) is 18.9 Å². The lowest BCUT2D eigenvalue weighted by molar-refractivity contribution is -0.149. The van der Waals surface area contributed by atoms with Gasteiger partial charge in [-0.3, -0.25) is 29.4 Å². The van der Waals surface area contributed by atoms with Gasteiger partial charge >= 0.3 is 0 Å². The van der Waals surface area contributed by atoms with E-state index in [4.69, 9.17) is 19.9 Å². The van der Waals surface area contributed by atoms with E-state index in [9.17, 15) is 19.2 Å². The van der Waals surface area contributed by atoms with Crippen LogP contribution in [0.1, 0.15) is 12.8 Å². The van der Waals surface area contributed by atoms with E-state index in [0.717, 1.165) is 11.0 Å². The number of hydrogen-bond acceptors (Lipinski definition) is 9. The van der Waals surface area contributed by atoms with Crippen LogP contribution < -0.4 is 21.1 Å². The Kier molecular flexibility index (Phi) is 8.31. The number of rotatable bonds is 12. The topological polar surface area (TPSA) is 149 Å². The molecule has 1 saturated heterocycles. The smallest absolute Gasteiger partial charge is 0.278 e. The Hall–Kier alpha value is -3.28. The van der Waals surface area contributed by atoms with Crippen molar-refractivity contribution in [1.82, 2.24) is 10.2 Å². The summed E-state index contributed by atoms with van der Waals surface area (Å²) in [5, 5.41) is 5.05. The van der Waals surface area contributed by atoms with E-state index in [1.165, 1.54) is 0 Å². The van der Waals surface area contributed by atoms with Crippen molar-refractivity contribution in [3.8, 4) is 5.75 Å². The summed E-state index contributed by atoms with van der Waals surface area (Å²) in [4.78, 5) is 49.3. The van der Waals surface area contributed by atoms with Crippen molar-refractivity contribution in [3.05, 3.63) is 36.0 Å². The first-order valence-corrected chi connectivity index (χ1v) is 10.3. The number of nitrogens with one attached hydrogen (secondary N) is 2. The number of carbonyl (C=O) groups excluding carboxylic acids is 4. The molecular weight excluding hydrogens is 420 g/mol. The standard InChI is InChI=1S/C21H26N4O7/c22-6-7-30-8-9-31-10-11-32-15-3-1-2-14(12-15)23-16-13-19(27)25(21(16)29)17-4-5-18(26)24-20(17)28/h1-3,12-13,17,23H,4-11,22H2,(H,24,26,28). The van der Waals surface area contributed by atoms with Crippen LogP contribution >= 0.6 is 0 Å². The second-order valence-corrected chi connectivity index (χ2v) is 7.05. The number of hydrogen-bond donors (Lipinski definition) is 3. The van der Waals surface area contributed by atoms with Crippen LogP contribution in [0.5, 0.6) is 5.75 Å². The number of amides is 4. The average molecular weight is 446 g/mol. The van der Waals surface area contributed by atoms with Crippen molar-refractivity contribution in [3.63, 3.8) is 0 Å². The van der Waals surface area contributed by atoms with Crippen LogP contribution in [0.15, 0.2) is 36.0 Å². The third-order valence-corrected chi connectivity index (χ3v) is 4.72. The minimum Gasteiger partial charge on any atom is -0.491 e. The normalized spacial score (nSPS) is 18.6. The molecule has 1 aromatic carbocycles. The summed E-state index contributed by atoms with van der Waals surface area (Å²) >= 11 is 0. The predicted octanol–water partition coefficient (Wildman–Crippen LogP) is -0.473. The van der Waals surface area contributed by atoms with Crippen LogP contribution in [-0.2, 0) is 28.7 Å². The molecule has 11 heteroatoms. The fourth-order valence-electron chi connectivity index (χ4n) is 3.24. The number of piperidine rings is 1. The Morgan fingerprint density at radius 3 is 2.56 bits per heavy atom. The largest absolute Gasteiger partial charge is 0.491 e. The summed E-state index contributed by atoms with van der Waals surface area (Å²) in [6.07, 6.45) is 1.31. The molecule has 0 bridgehead atoms. The summed E-state index contributed by atoms with van der Waals surface area (Å²) in [6, 6.07) is 5.88. The lowest BCUT2D eigenvalue weighted by Crippen LogP contribution is -2.54. The molecule has 2 heterocycles. The second-order valence-electron chi connectivity index (χ2n) is 7.05. The number of benzene rings is 1. The molecule has 32 heavy (non-hydrogen) atoms. The highest BCUT2D eigenvalue weighted by molar-refractivity contribution is 6.20. The molecule has 11 nitrogen and oxygen atoms in total. The molecule has 1 fully saturated rings. The molecular formula is C21H26N4O7. The van der Waals surface area contributed by atoms with E-state index in [0.29, 0.717) is 51.0 Å². The van der Waals surface area contributed by atoms with Gasteiger partial charge in [-0.25, -0.2) is 0 Å². The van der Waals surface area contributed by atoms with E-state index in [-0.39, 0.29) is 18.5 Å². The first kappa shape index (κ1) is 23.4. The van der Waals surface area contributed by atoms with Crippen molar-refractivity contribution < 1.29 is 33.4 Å². The van der Waals surface area contributed by atoms with Gasteiger partial charge in [-0.1, -0.05) is 6.07 Å². The van der Waals surface area contributed by atoms with Crippen LogP contribution in [0.25, 0.3) is 0 Å². The van der Waals surface area contributed by atoms with Crippen LogP contribution in [0.4, 0.5) is 5.69 Å². The molecule has 4 amide bonds. The van der Waals surface area contributed by atoms with Gasteiger partial charge in [0.2, 0.25) is 11.8 Å². The Morgan fingerprint density at radius 2 is 1.81 bits per heavy atom. The molecule has 0 aromatic heterocycles. The zero-order valence-electron chi connectivity index (χ0n) is 17.5. The summed E-state index contributed by atoms with van der Waals surface area (Å²) in [5.74, 6) is -1.74. The quantitative estimate of drug-likeness (QED) is 0.286. The second kappa shape index (κ2) is 11.4. The van der Waals surface area contributed by atoms with Crippen LogP contribution in [-0.4, -0.2) is 74.1 Å². The maximum Gasteiger partial charge on any atom is 0.278 e. The molecule has 1 atom stereocenters. The van der Waals surface area contributed by atoms with E-state index in [1.807, 2.05) is 0 Å². The lowest BCUT2D eigenvalue weighted by atomic mass is 10.0. The van der Waals surface area contributed by atoms with Gasteiger partial charge in [-0.05, 0) is 18.6 Å². The molecule has 1 aromatic rings. The number of anilines is 1. The molecule has 0 saturated carbocycles. The number of carbonyl (C=O) groups is 4. The Morgan fingerprint density at radius 1 is 1.06 bits per heavy atom. The zero-order chi connectivity index (χ0) is 22.9. The van der Waals surface area contributed by atoms with Gasteiger partial charge in [0, 0.05) is 30.8 Å². The van der Waals surface area contributed by atoms with Crippen molar-refractivity contribution in [1.29, 1.82) is 0 Å². The summed E-state index contributed by atoms with van der Waals surface area (Å²) in [5.41, 5.74) is 5.90. The molecule has 4 N–H and O–H groups in total. The first-order valence-electron chi connectivity index (χ1n) is 10.3. The molecule has 0 spiro atoms. The third-order valence-electron chi connectivity index (χ3n) is 4.72.